The Kier molecular flexibility index (Phi) is 6.68. The number of allylic oxidation sites excluding steroid dienone is 1. The Labute approximate surface area is 161 Å². The van der Waals surface area contributed by atoms with Crippen LogP contribution in [0.1, 0.15) is 38.3 Å². The van der Waals surface area contributed by atoms with Gasteiger partial charge < -0.3 is 14.5 Å². The molecule has 0 amide bonds. The average molecular weight is 402 g/mol. The highest BCUT2D eigenvalue weighted by Crippen LogP contribution is 2.36. The van der Waals surface area contributed by atoms with Gasteiger partial charge in [-0.1, -0.05) is 26.8 Å². The molecule has 0 bridgehead atoms. The molecular weight excluding hydrogens is 371 g/mol. The standard InChI is InChI=1S/C20H30F3NO2Si/c1-19(2,3)27(4,5)26-11-10-24-17-8-6-16-13-18(9-7-15(16)12-17)25-14-20(21,22)23/h6,8,12-13,24H,7,9-11,14H2,1-5H3. The van der Waals surface area contributed by atoms with E-state index in [1.165, 1.54) is 0 Å². The summed E-state index contributed by atoms with van der Waals surface area (Å²) in [6.07, 6.45) is -1.44. The molecule has 1 aromatic rings. The summed E-state index contributed by atoms with van der Waals surface area (Å²) in [5.41, 5.74) is 3.03. The molecule has 1 aromatic carbocycles. The molecule has 0 fully saturated rings. The zero-order chi connectivity index (χ0) is 20.3. The summed E-state index contributed by atoms with van der Waals surface area (Å²) in [6, 6.07) is 5.91. The fourth-order valence-electron chi connectivity index (χ4n) is 2.58. The molecule has 0 saturated heterocycles. The van der Waals surface area contributed by atoms with Crippen LogP contribution in [0.5, 0.6) is 0 Å². The van der Waals surface area contributed by atoms with Gasteiger partial charge in [0.25, 0.3) is 0 Å². The number of alkyl halides is 3. The van der Waals surface area contributed by atoms with Gasteiger partial charge in [-0.05, 0) is 53.9 Å². The molecule has 3 nitrogen and oxygen atoms in total. The number of halogens is 3. The number of hydrogen-bond donors (Lipinski definition) is 1. The average Bonchev–Trinajstić information content (AvgIpc) is 2.55. The Morgan fingerprint density at radius 1 is 1.11 bits per heavy atom. The summed E-state index contributed by atoms with van der Waals surface area (Å²) >= 11 is 0. The summed E-state index contributed by atoms with van der Waals surface area (Å²) in [6.45, 7) is 11.3. The molecule has 0 aliphatic heterocycles. The summed E-state index contributed by atoms with van der Waals surface area (Å²) in [5, 5.41) is 3.56. The lowest BCUT2D eigenvalue weighted by Gasteiger charge is -2.36. The Morgan fingerprint density at radius 3 is 2.44 bits per heavy atom. The van der Waals surface area contributed by atoms with Crippen molar-refractivity contribution in [2.45, 2.75) is 57.9 Å². The van der Waals surface area contributed by atoms with Crippen LogP contribution in [-0.2, 0) is 15.6 Å². The fraction of sp³-hybridized carbons (Fsp3) is 0.600. The monoisotopic (exact) mass is 401 g/mol. The van der Waals surface area contributed by atoms with Gasteiger partial charge in [0.2, 0.25) is 0 Å². The van der Waals surface area contributed by atoms with E-state index in [0.29, 0.717) is 25.2 Å². The van der Waals surface area contributed by atoms with E-state index in [2.05, 4.69) is 45.2 Å². The molecule has 0 heterocycles. The maximum atomic E-state index is 12.3. The third-order valence-corrected chi connectivity index (χ3v) is 9.76. The maximum Gasteiger partial charge on any atom is 0.422 e. The molecule has 27 heavy (non-hydrogen) atoms. The van der Waals surface area contributed by atoms with Gasteiger partial charge in [-0.25, -0.2) is 0 Å². The van der Waals surface area contributed by atoms with Crippen LogP contribution in [0.2, 0.25) is 18.1 Å². The van der Waals surface area contributed by atoms with Crippen LogP contribution in [0.3, 0.4) is 0 Å². The zero-order valence-electron chi connectivity index (χ0n) is 16.8. The topological polar surface area (TPSA) is 30.5 Å². The lowest BCUT2D eigenvalue weighted by Crippen LogP contribution is -2.41. The van der Waals surface area contributed by atoms with Gasteiger partial charge in [-0.2, -0.15) is 13.2 Å². The number of anilines is 1. The van der Waals surface area contributed by atoms with Crippen molar-refractivity contribution in [3.63, 3.8) is 0 Å². The van der Waals surface area contributed by atoms with E-state index in [1.807, 2.05) is 12.1 Å². The van der Waals surface area contributed by atoms with Gasteiger partial charge in [0.05, 0.1) is 12.4 Å². The molecule has 0 atom stereocenters. The van der Waals surface area contributed by atoms with E-state index in [-0.39, 0.29) is 5.04 Å². The number of rotatable bonds is 7. The van der Waals surface area contributed by atoms with Crippen LogP contribution in [0.15, 0.2) is 24.0 Å². The van der Waals surface area contributed by atoms with E-state index in [0.717, 1.165) is 23.4 Å². The molecule has 7 heteroatoms. The maximum absolute atomic E-state index is 12.3. The van der Waals surface area contributed by atoms with Crippen molar-refractivity contribution in [3.8, 4) is 0 Å². The minimum atomic E-state index is -4.30. The molecule has 152 valence electrons. The van der Waals surface area contributed by atoms with Crippen molar-refractivity contribution >= 4 is 20.1 Å². The molecule has 0 saturated carbocycles. The highest BCUT2D eigenvalue weighted by molar-refractivity contribution is 6.74. The molecule has 0 spiro atoms. The minimum absolute atomic E-state index is 0.192. The van der Waals surface area contributed by atoms with Crippen LogP contribution in [0.4, 0.5) is 18.9 Å². The first kappa shape index (κ1) is 21.8. The molecule has 1 aliphatic rings. The van der Waals surface area contributed by atoms with Gasteiger partial charge in [-0.3, -0.25) is 0 Å². The van der Waals surface area contributed by atoms with Crippen LogP contribution in [0, 0.1) is 0 Å². The SMILES string of the molecule is CC(C)(C)[Si](C)(C)OCCNc1ccc2c(c1)CCC(OCC(F)(F)F)=C2. The van der Waals surface area contributed by atoms with Gasteiger partial charge in [0.1, 0.15) is 0 Å². The zero-order valence-corrected chi connectivity index (χ0v) is 17.8. The van der Waals surface area contributed by atoms with Crippen LogP contribution >= 0.6 is 0 Å². The molecular formula is C20H30F3NO2Si. The molecule has 1 aliphatic carbocycles. The van der Waals surface area contributed by atoms with E-state index >= 15 is 0 Å². The summed E-state index contributed by atoms with van der Waals surface area (Å²) in [4.78, 5) is 0. The quantitative estimate of drug-likeness (QED) is 0.450. The minimum Gasteiger partial charge on any atom is -0.488 e. The predicted octanol–water partition coefficient (Wildman–Crippen LogP) is 5.99. The summed E-state index contributed by atoms with van der Waals surface area (Å²) < 4.78 is 47.9. The largest absolute Gasteiger partial charge is 0.488 e. The second kappa shape index (κ2) is 8.27. The Bertz CT molecular complexity index is 679. The van der Waals surface area contributed by atoms with Crippen molar-refractivity contribution in [1.82, 2.24) is 0 Å². The van der Waals surface area contributed by atoms with Crippen molar-refractivity contribution in [3.05, 3.63) is 35.1 Å². The Morgan fingerprint density at radius 2 is 1.81 bits per heavy atom. The van der Waals surface area contributed by atoms with Crippen molar-refractivity contribution in [2.24, 2.45) is 0 Å². The van der Waals surface area contributed by atoms with Gasteiger partial charge >= 0.3 is 6.18 Å². The van der Waals surface area contributed by atoms with Crippen molar-refractivity contribution < 1.29 is 22.3 Å². The second-order valence-electron chi connectivity index (χ2n) is 8.46. The highest BCUT2D eigenvalue weighted by atomic mass is 28.4. The number of hydrogen-bond acceptors (Lipinski definition) is 3. The van der Waals surface area contributed by atoms with E-state index in [9.17, 15) is 13.2 Å². The van der Waals surface area contributed by atoms with Crippen molar-refractivity contribution in [1.29, 1.82) is 0 Å². The van der Waals surface area contributed by atoms with Gasteiger partial charge in [0, 0.05) is 18.7 Å². The molecule has 1 N–H and O–H groups in total. The number of aryl methyl sites for hydroxylation is 1. The molecule has 0 unspecified atom stereocenters. The van der Waals surface area contributed by atoms with Gasteiger partial charge in [0.15, 0.2) is 14.9 Å². The summed E-state index contributed by atoms with van der Waals surface area (Å²) in [5.74, 6) is 0.392. The Hall–Kier alpha value is -1.47. The van der Waals surface area contributed by atoms with Crippen LogP contribution in [-0.4, -0.2) is 34.3 Å². The normalized spacial score (nSPS) is 15.2. The molecule has 0 aromatic heterocycles. The van der Waals surface area contributed by atoms with E-state index in [1.54, 1.807) is 6.08 Å². The highest BCUT2D eigenvalue weighted by Gasteiger charge is 2.36. The van der Waals surface area contributed by atoms with Gasteiger partial charge in [-0.15, -0.1) is 0 Å². The first-order chi connectivity index (χ1) is 12.4. The van der Waals surface area contributed by atoms with Crippen LogP contribution in [0.25, 0.3) is 6.08 Å². The van der Waals surface area contributed by atoms with E-state index < -0.39 is 21.1 Å². The van der Waals surface area contributed by atoms with E-state index in [4.69, 9.17) is 9.16 Å². The summed E-state index contributed by atoms with van der Waals surface area (Å²) in [7, 11) is -1.74. The second-order valence-corrected chi connectivity index (χ2v) is 13.3. The number of nitrogens with one attached hydrogen (secondary N) is 1. The lowest BCUT2D eigenvalue weighted by molar-refractivity contribution is -0.165. The number of benzene rings is 1. The lowest BCUT2D eigenvalue weighted by atomic mass is 9.95. The first-order valence-electron chi connectivity index (χ1n) is 9.28. The smallest absolute Gasteiger partial charge is 0.422 e. The fourth-order valence-corrected chi connectivity index (χ4v) is 3.63. The van der Waals surface area contributed by atoms with Crippen molar-refractivity contribution in [2.75, 3.05) is 25.1 Å². The third-order valence-electron chi connectivity index (χ3n) is 5.22. The molecule has 0 radical (unpaired) electrons. The number of ether oxygens (including phenoxy) is 1. The number of fused-ring (bicyclic) bond motifs is 1. The first-order valence-corrected chi connectivity index (χ1v) is 12.2. The molecule has 2 rings (SSSR count). The third kappa shape index (κ3) is 6.57. The predicted molar refractivity (Wildman–Crippen MR) is 106 cm³/mol. The Balaban J connectivity index is 1.88. The van der Waals surface area contributed by atoms with Crippen LogP contribution < -0.4 is 5.32 Å².